The highest BCUT2D eigenvalue weighted by Crippen LogP contribution is 2.54. The van der Waals surface area contributed by atoms with E-state index < -0.39 is 48.9 Å². The zero-order valence-corrected chi connectivity index (χ0v) is 17.9. The van der Waals surface area contributed by atoms with Crippen molar-refractivity contribution in [3.05, 3.63) is 23.8 Å². The minimum atomic E-state index is -7.09. The van der Waals surface area contributed by atoms with Gasteiger partial charge in [-0.25, -0.2) is 4.79 Å². The molecule has 0 aromatic heterocycles. The number of ether oxygens (including phenoxy) is 4. The van der Waals surface area contributed by atoms with Crippen molar-refractivity contribution in [2.24, 2.45) is 0 Å². The van der Waals surface area contributed by atoms with E-state index in [1.165, 1.54) is 21.3 Å². The van der Waals surface area contributed by atoms with Crippen LogP contribution in [0.4, 0.5) is 48.3 Å². The molecule has 0 aliphatic rings. The molecule has 1 aromatic carbocycles. The molecule has 200 valence electrons. The molecule has 0 aliphatic carbocycles. The van der Waals surface area contributed by atoms with Crippen molar-refractivity contribution in [1.29, 1.82) is 0 Å². The highest BCUT2D eigenvalue weighted by Gasteiger charge is 2.82. The van der Waals surface area contributed by atoms with Crippen molar-refractivity contribution < 1.29 is 72.0 Å². The number of benzene rings is 1. The number of rotatable bonds is 11. The largest absolute Gasteiger partial charge is 0.493 e. The molecule has 0 atom stereocenters. The number of esters is 1. The zero-order valence-electron chi connectivity index (χ0n) is 17.9. The summed E-state index contributed by atoms with van der Waals surface area (Å²) in [4.78, 5) is 11.6. The second-order valence-corrected chi connectivity index (χ2v) is 6.70. The Balaban J connectivity index is 3.14. The first-order chi connectivity index (χ1) is 15.8. The maximum Gasteiger partial charge on any atom is 0.473 e. The molecule has 0 unspecified atom stereocenters. The van der Waals surface area contributed by atoms with E-state index in [-0.39, 0.29) is 28.9 Å². The monoisotopic (exact) mass is 534 g/mol. The Hall–Kier alpha value is -2.94. The second kappa shape index (κ2) is 10.4. The molecule has 0 N–H and O–H groups in total. The van der Waals surface area contributed by atoms with Crippen molar-refractivity contribution >= 4 is 12.0 Å². The number of methoxy groups -OCH3 is 3. The van der Waals surface area contributed by atoms with Crippen LogP contribution in [0.25, 0.3) is 6.08 Å². The first kappa shape index (κ1) is 30.1. The molecule has 35 heavy (non-hydrogen) atoms. The highest BCUT2D eigenvalue weighted by molar-refractivity contribution is 5.87. The fraction of sp³-hybridized carbons (Fsp3) is 0.526. The number of hydrogen-bond acceptors (Lipinski definition) is 5. The van der Waals surface area contributed by atoms with Gasteiger partial charge in [0.05, 0.1) is 21.3 Å². The summed E-state index contributed by atoms with van der Waals surface area (Å²) in [5, 5.41) is 0. The topological polar surface area (TPSA) is 54.0 Å². The highest BCUT2D eigenvalue weighted by atomic mass is 19.4. The summed E-state index contributed by atoms with van der Waals surface area (Å²) >= 11 is 0. The molecule has 1 rings (SSSR count). The molecule has 0 spiro atoms. The summed E-state index contributed by atoms with van der Waals surface area (Å²) in [6.45, 7) is 0. The normalized spacial score (nSPS) is 13.7. The molecule has 0 aliphatic heterocycles. The van der Waals surface area contributed by atoms with Crippen LogP contribution in [-0.4, -0.2) is 57.4 Å². The maximum absolute atomic E-state index is 13.7. The average molecular weight is 534 g/mol. The van der Waals surface area contributed by atoms with E-state index in [4.69, 9.17) is 14.2 Å². The first-order valence-corrected chi connectivity index (χ1v) is 9.05. The predicted octanol–water partition coefficient (Wildman–Crippen LogP) is 6.11. The van der Waals surface area contributed by atoms with Crippen molar-refractivity contribution in [3.63, 3.8) is 0 Å². The van der Waals surface area contributed by atoms with Crippen LogP contribution in [0.3, 0.4) is 0 Å². The Kier molecular flexibility index (Phi) is 8.90. The Morgan fingerprint density at radius 3 is 1.66 bits per heavy atom. The SMILES string of the molecule is COc1cc(C=CC(=O)OC(F)(F)C(F)(F)C(F)(F)C(F)(F)CCC(F)(F)F)cc(OC)c1OC. The van der Waals surface area contributed by atoms with Crippen molar-refractivity contribution in [2.75, 3.05) is 21.3 Å². The minimum Gasteiger partial charge on any atom is -0.493 e. The lowest BCUT2D eigenvalue weighted by Gasteiger charge is -2.35. The van der Waals surface area contributed by atoms with Crippen molar-refractivity contribution in [3.8, 4) is 17.2 Å². The lowest BCUT2D eigenvalue weighted by molar-refractivity contribution is -0.417. The van der Waals surface area contributed by atoms with Gasteiger partial charge in [-0.05, 0) is 23.8 Å². The Morgan fingerprint density at radius 1 is 0.771 bits per heavy atom. The van der Waals surface area contributed by atoms with E-state index in [9.17, 15) is 53.1 Å². The fourth-order valence-corrected chi connectivity index (χ4v) is 2.45. The number of hydrogen-bond donors (Lipinski definition) is 0. The van der Waals surface area contributed by atoms with Crippen LogP contribution in [0.15, 0.2) is 18.2 Å². The quantitative estimate of drug-likeness (QED) is 0.195. The zero-order chi connectivity index (χ0) is 27.5. The van der Waals surface area contributed by atoms with E-state index in [1.807, 2.05) is 0 Å². The Morgan fingerprint density at radius 2 is 1.26 bits per heavy atom. The van der Waals surface area contributed by atoms with Gasteiger partial charge in [0.15, 0.2) is 11.5 Å². The lowest BCUT2D eigenvalue weighted by Crippen LogP contribution is -2.63. The molecule has 5 nitrogen and oxygen atoms in total. The van der Waals surface area contributed by atoms with E-state index >= 15 is 0 Å². The first-order valence-electron chi connectivity index (χ1n) is 9.05. The third kappa shape index (κ3) is 6.60. The molecule has 0 saturated carbocycles. The van der Waals surface area contributed by atoms with Crippen LogP contribution in [0.5, 0.6) is 17.2 Å². The number of alkyl halides is 11. The van der Waals surface area contributed by atoms with E-state index in [2.05, 4.69) is 4.74 Å². The molecule has 1 aromatic rings. The summed E-state index contributed by atoms with van der Waals surface area (Å²) in [5.74, 6) is -22.7. The minimum absolute atomic E-state index is 0.00235. The van der Waals surface area contributed by atoms with Crippen molar-refractivity contribution in [1.82, 2.24) is 0 Å². The fourth-order valence-electron chi connectivity index (χ4n) is 2.45. The van der Waals surface area contributed by atoms with Crippen LogP contribution < -0.4 is 14.2 Å². The molecule has 0 radical (unpaired) electrons. The number of carbonyl (C=O) groups excluding carboxylic acids is 1. The third-order valence-corrected chi connectivity index (χ3v) is 4.27. The third-order valence-electron chi connectivity index (χ3n) is 4.27. The van der Waals surface area contributed by atoms with Crippen LogP contribution in [0.1, 0.15) is 18.4 Å². The summed E-state index contributed by atoms with van der Waals surface area (Å²) in [5.41, 5.74) is -0.0597. The van der Waals surface area contributed by atoms with Gasteiger partial charge in [0, 0.05) is 18.9 Å². The molecular formula is C19H17F11O5. The molecule has 0 fully saturated rings. The van der Waals surface area contributed by atoms with Gasteiger partial charge >= 0.3 is 36.0 Å². The molecule has 16 heteroatoms. The van der Waals surface area contributed by atoms with Gasteiger partial charge in [0.2, 0.25) is 5.75 Å². The standard InChI is InChI=1S/C19H17F11O5/c1-32-11-8-10(9-12(33-2)14(11)34-3)4-5-13(31)35-19(29,30)18(27,28)17(25,26)15(20,21)6-7-16(22,23)24/h4-5,8-9H,6-7H2,1-3H3. The smallest absolute Gasteiger partial charge is 0.473 e. The number of carbonyl (C=O) groups is 1. The predicted molar refractivity (Wildman–Crippen MR) is 96.3 cm³/mol. The van der Waals surface area contributed by atoms with E-state index in [1.54, 1.807) is 0 Å². The Labute approximate surface area is 190 Å². The summed E-state index contributed by atoms with van der Waals surface area (Å²) in [7, 11) is 3.61. The van der Waals surface area contributed by atoms with E-state index in [0.29, 0.717) is 6.08 Å². The van der Waals surface area contributed by atoms with Gasteiger partial charge in [-0.1, -0.05) is 0 Å². The molecular weight excluding hydrogens is 517 g/mol. The summed E-state index contributed by atoms with van der Waals surface area (Å²) in [6.07, 6.45) is -16.9. The average Bonchev–Trinajstić information content (AvgIpc) is 2.74. The van der Waals surface area contributed by atoms with Crippen LogP contribution in [-0.2, 0) is 9.53 Å². The van der Waals surface area contributed by atoms with Crippen molar-refractivity contribution in [2.45, 2.75) is 42.9 Å². The van der Waals surface area contributed by atoms with Gasteiger partial charge in [-0.3, -0.25) is 0 Å². The maximum atomic E-state index is 13.7. The van der Waals surface area contributed by atoms with Gasteiger partial charge in [-0.2, -0.15) is 48.3 Å². The van der Waals surface area contributed by atoms with Crippen LogP contribution >= 0.6 is 0 Å². The lowest BCUT2D eigenvalue weighted by atomic mass is 9.99. The molecule has 0 heterocycles. The van der Waals surface area contributed by atoms with Crippen LogP contribution in [0, 0.1) is 0 Å². The van der Waals surface area contributed by atoms with Gasteiger partial charge in [0.25, 0.3) is 0 Å². The summed E-state index contributed by atoms with van der Waals surface area (Å²) < 4.78 is 163. The molecule has 0 bridgehead atoms. The van der Waals surface area contributed by atoms with Gasteiger partial charge < -0.3 is 18.9 Å². The van der Waals surface area contributed by atoms with E-state index in [0.717, 1.165) is 12.1 Å². The molecule has 0 amide bonds. The van der Waals surface area contributed by atoms with Crippen LogP contribution in [0.2, 0.25) is 0 Å². The van der Waals surface area contributed by atoms with Gasteiger partial charge in [-0.15, -0.1) is 0 Å². The summed E-state index contributed by atoms with van der Waals surface area (Å²) in [6, 6.07) is 2.29. The second-order valence-electron chi connectivity index (χ2n) is 6.70. The van der Waals surface area contributed by atoms with Gasteiger partial charge in [0.1, 0.15) is 0 Å². The molecule has 0 saturated heterocycles. The number of halogens is 11. The Bertz CT molecular complexity index is 901.